The number of halogens is 4. The summed E-state index contributed by atoms with van der Waals surface area (Å²) in [5.41, 5.74) is 1.74. The van der Waals surface area contributed by atoms with Crippen LogP contribution < -0.4 is 14.5 Å². The number of nitrogens with zero attached hydrogens (tertiary/aromatic N) is 2. The predicted molar refractivity (Wildman–Crippen MR) is 142 cm³/mol. The number of fused-ring (bicyclic) bond motifs is 1. The van der Waals surface area contributed by atoms with Crippen LogP contribution in [0.15, 0.2) is 71.6 Å². The third-order valence-electron chi connectivity index (χ3n) is 6.35. The average molecular weight is 566 g/mol. The van der Waals surface area contributed by atoms with Crippen molar-refractivity contribution in [2.24, 2.45) is 0 Å². The molecule has 38 heavy (non-hydrogen) atoms. The molecule has 4 rings (SSSR count). The molecule has 1 aliphatic rings. The summed E-state index contributed by atoms with van der Waals surface area (Å²) in [5.74, 6) is -0.633. The van der Waals surface area contributed by atoms with Gasteiger partial charge in [0.2, 0.25) is 5.91 Å². The van der Waals surface area contributed by atoms with E-state index in [0.717, 1.165) is 36.3 Å². The van der Waals surface area contributed by atoms with Gasteiger partial charge in [0.25, 0.3) is 10.0 Å². The molecule has 0 bridgehead atoms. The minimum absolute atomic E-state index is 0.146. The number of amides is 1. The van der Waals surface area contributed by atoms with E-state index in [1.807, 2.05) is 12.1 Å². The lowest BCUT2D eigenvalue weighted by atomic mass is 10.2. The molecule has 3 aromatic carbocycles. The fourth-order valence-electron chi connectivity index (χ4n) is 4.36. The highest BCUT2D eigenvalue weighted by atomic mass is 35.5. The predicted octanol–water partition coefficient (Wildman–Crippen LogP) is 5.43. The molecule has 0 spiro atoms. The fraction of sp³-hybridized carbons (Fsp3) is 0.296. The molecule has 11 heteroatoms. The molecule has 0 aliphatic carbocycles. The Morgan fingerprint density at radius 3 is 2.50 bits per heavy atom. The summed E-state index contributed by atoms with van der Waals surface area (Å²) >= 11 is 5.74. The van der Waals surface area contributed by atoms with Crippen molar-refractivity contribution in [2.45, 2.75) is 30.8 Å². The number of carbonyl (C=O) groups is 1. The minimum Gasteiger partial charge on any atom is -0.371 e. The number of benzene rings is 3. The first-order chi connectivity index (χ1) is 18.0. The van der Waals surface area contributed by atoms with Gasteiger partial charge in [0.1, 0.15) is 6.54 Å². The van der Waals surface area contributed by atoms with Crippen LogP contribution in [0, 0.1) is 6.92 Å². The van der Waals surface area contributed by atoms with Crippen molar-refractivity contribution in [2.75, 3.05) is 35.4 Å². The van der Waals surface area contributed by atoms with Crippen molar-refractivity contribution in [3.8, 4) is 0 Å². The van der Waals surface area contributed by atoms with E-state index in [1.54, 1.807) is 19.1 Å². The maximum Gasteiger partial charge on any atom is 0.417 e. The Morgan fingerprint density at radius 1 is 1.08 bits per heavy atom. The minimum atomic E-state index is -4.80. The number of para-hydroxylation sites is 1. The maximum atomic E-state index is 13.5. The number of alkyl halides is 3. The Morgan fingerprint density at radius 2 is 1.79 bits per heavy atom. The van der Waals surface area contributed by atoms with E-state index >= 15 is 0 Å². The van der Waals surface area contributed by atoms with Gasteiger partial charge in [-0.25, -0.2) is 8.42 Å². The fourth-order valence-corrected chi connectivity index (χ4v) is 6.00. The summed E-state index contributed by atoms with van der Waals surface area (Å²) in [6, 6.07) is 16.7. The van der Waals surface area contributed by atoms with E-state index < -0.39 is 39.2 Å². The monoisotopic (exact) mass is 565 g/mol. The second-order valence-corrected chi connectivity index (χ2v) is 11.3. The van der Waals surface area contributed by atoms with E-state index in [2.05, 4.69) is 22.3 Å². The molecule has 1 N–H and O–H groups in total. The number of anilines is 2. The Labute approximate surface area is 225 Å². The van der Waals surface area contributed by atoms with Gasteiger partial charge in [-0.2, -0.15) is 13.2 Å². The number of hydrogen-bond donors (Lipinski definition) is 1. The van der Waals surface area contributed by atoms with Crippen molar-refractivity contribution in [3.63, 3.8) is 0 Å². The highest BCUT2D eigenvalue weighted by molar-refractivity contribution is 7.92. The maximum absolute atomic E-state index is 13.5. The van der Waals surface area contributed by atoms with Crippen molar-refractivity contribution in [3.05, 3.63) is 88.4 Å². The van der Waals surface area contributed by atoms with Gasteiger partial charge in [0.15, 0.2) is 0 Å². The highest BCUT2D eigenvalue weighted by Crippen LogP contribution is 2.38. The van der Waals surface area contributed by atoms with Crippen molar-refractivity contribution < 1.29 is 26.4 Å². The summed E-state index contributed by atoms with van der Waals surface area (Å²) in [6.45, 7) is 2.95. The Hall–Kier alpha value is -3.24. The number of sulfonamides is 1. The molecular weight excluding hydrogens is 539 g/mol. The molecule has 0 atom stereocenters. The van der Waals surface area contributed by atoms with Crippen LogP contribution in [0.3, 0.4) is 0 Å². The third-order valence-corrected chi connectivity index (χ3v) is 8.47. The van der Waals surface area contributed by atoms with Crippen LogP contribution in [-0.4, -0.2) is 40.5 Å². The lowest BCUT2D eigenvalue weighted by Gasteiger charge is -2.25. The molecule has 1 amide bonds. The van der Waals surface area contributed by atoms with E-state index in [1.165, 1.54) is 17.7 Å². The number of hydrogen-bond acceptors (Lipinski definition) is 4. The van der Waals surface area contributed by atoms with Crippen molar-refractivity contribution in [1.82, 2.24) is 5.32 Å². The molecule has 6 nitrogen and oxygen atoms in total. The van der Waals surface area contributed by atoms with Crippen LogP contribution in [0.2, 0.25) is 5.02 Å². The first kappa shape index (κ1) is 27.8. The lowest BCUT2D eigenvalue weighted by molar-refractivity contribution is -0.137. The first-order valence-electron chi connectivity index (χ1n) is 12.0. The smallest absolute Gasteiger partial charge is 0.371 e. The molecule has 202 valence electrons. The van der Waals surface area contributed by atoms with Gasteiger partial charge in [-0.15, -0.1) is 0 Å². The molecule has 0 fully saturated rings. The zero-order chi connectivity index (χ0) is 27.5. The number of aryl methyl sites for hydroxylation is 1. The average Bonchev–Trinajstić information content (AvgIpc) is 3.28. The topological polar surface area (TPSA) is 69.7 Å². The van der Waals surface area contributed by atoms with Crippen LogP contribution in [0.1, 0.15) is 23.1 Å². The molecule has 0 saturated heterocycles. The number of rotatable bonds is 9. The van der Waals surface area contributed by atoms with Crippen LogP contribution in [-0.2, 0) is 27.4 Å². The van der Waals surface area contributed by atoms with Gasteiger partial charge in [-0.05, 0) is 61.7 Å². The Balaban J connectivity index is 1.50. The Bertz CT molecular complexity index is 1410. The standard InChI is InChI=1S/C27H27ClF3N3O3S/c1-19-7-10-22(11-8-19)38(36,37)34(21-9-12-24(28)23(17-21)27(29,30)31)18-26(35)32-14-4-15-33-16-13-20-5-2-3-6-25(20)33/h2-3,5-12,17H,4,13-16,18H2,1H3,(H,32,35). The molecule has 0 aromatic heterocycles. The molecule has 3 aromatic rings. The molecule has 0 radical (unpaired) electrons. The molecule has 0 unspecified atom stereocenters. The van der Waals surface area contributed by atoms with Gasteiger partial charge in [0.05, 0.1) is 21.2 Å². The zero-order valence-corrected chi connectivity index (χ0v) is 22.2. The summed E-state index contributed by atoms with van der Waals surface area (Å²) in [6.07, 6.45) is -3.23. The number of nitrogens with one attached hydrogen (secondary N) is 1. The van der Waals surface area contributed by atoms with E-state index in [-0.39, 0.29) is 17.1 Å². The van der Waals surface area contributed by atoms with E-state index in [9.17, 15) is 26.4 Å². The normalized spacial score (nSPS) is 13.3. The second-order valence-electron chi connectivity index (χ2n) is 9.06. The molecule has 0 saturated carbocycles. The summed E-state index contributed by atoms with van der Waals surface area (Å²) in [4.78, 5) is 14.9. The van der Waals surface area contributed by atoms with E-state index in [4.69, 9.17) is 11.6 Å². The largest absolute Gasteiger partial charge is 0.417 e. The van der Waals surface area contributed by atoms with Gasteiger partial charge in [0, 0.05) is 25.3 Å². The van der Waals surface area contributed by atoms with Crippen LogP contribution in [0.25, 0.3) is 0 Å². The Kier molecular flexibility index (Phi) is 8.22. The second kappa shape index (κ2) is 11.2. The van der Waals surface area contributed by atoms with Crippen molar-refractivity contribution >= 4 is 38.9 Å². The first-order valence-corrected chi connectivity index (χ1v) is 13.8. The third kappa shape index (κ3) is 6.24. The van der Waals surface area contributed by atoms with Gasteiger partial charge < -0.3 is 10.2 Å². The highest BCUT2D eigenvalue weighted by Gasteiger charge is 2.35. The lowest BCUT2D eigenvalue weighted by Crippen LogP contribution is -2.41. The van der Waals surface area contributed by atoms with Crippen LogP contribution in [0.5, 0.6) is 0 Å². The summed E-state index contributed by atoms with van der Waals surface area (Å²) in [5, 5.41) is 2.13. The molecule has 1 heterocycles. The zero-order valence-electron chi connectivity index (χ0n) is 20.6. The molecular formula is C27H27ClF3N3O3S. The quantitative estimate of drug-likeness (QED) is 0.351. The van der Waals surface area contributed by atoms with E-state index in [0.29, 0.717) is 23.3 Å². The van der Waals surface area contributed by atoms with Gasteiger partial charge in [-0.3, -0.25) is 9.10 Å². The number of carbonyl (C=O) groups excluding carboxylic acids is 1. The van der Waals surface area contributed by atoms with Gasteiger partial charge in [-0.1, -0.05) is 47.5 Å². The summed E-state index contributed by atoms with van der Waals surface area (Å²) < 4.78 is 68.1. The van der Waals surface area contributed by atoms with Crippen LogP contribution in [0.4, 0.5) is 24.5 Å². The summed E-state index contributed by atoms with van der Waals surface area (Å²) in [7, 11) is -4.36. The van der Waals surface area contributed by atoms with Crippen molar-refractivity contribution in [1.29, 1.82) is 0 Å². The van der Waals surface area contributed by atoms with Gasteiger partial charge >= 0.3 is 6.18 Å². The molecule has 1 aliphatic heterocycles. The SMILES string of the molecule is Cc1ccc(S(=O)(=O)N(CC(=O)NCCCN2CCc3ccccc32)c2ccc(Cl)c(C(F)(F)F)c2)cc1. The van der Waals surface area contributed by atoms with Crippen LogP contribution >= 0.6 is 11.6 Å².